The van der Waals surface area contributed by atoms with Crippen LogP contribution in [0.2, 0.25) is 0 Å². The summed E-state index contributed by atoms with van der Waals surface area (Å²) in [4.78, 5) is 26.7. The van der Waals surface area contributed by atoms with Crippen LogP contribution >= 0.6 is 0 Å². The second-order valence-electron chi connectivity index (χ2n) is 6.51. The number of aromatic nitrogens is 2. The van der Waals surface area contributed by atoms with Crippen molar-refractivity contribution in [3.8, 4) is 0 Å². The van der Waals surface area contributed by atoms with E-state index in [0.717, 1.165) is 0 Å². The minimum atomic E-state index is -0.843. The Morgan fingerprint density at radius 1 is 1.33 bits per heavy atom. The Balaban J connectivity index is 2.12. The minimum Gasteiger partial charge on any atom is -0.394 e. The summed E-state index contributed by atoms with van der Waals surface area (Å²) in [7, 11) is 0. The number of hydrogen-bond acceptors (Lipinski definition) is 6. The number of nitrogens with zero attached hydrogens (tertiary/aromatic N) is 1. The largest absolute Gasteiger partial charge is 0.394 e. The van der Waals surface area contributed by atoms with Crippen LogP contribution in [0, 0.1) is 6.92 Å². The van der Waals surface area contributed by atoms with Gasteiger partial charge in [0.05, 0.1) is 6.61 Å². The van der Waals surface area contributed by atoms with Crippen LogP contribution in [0.5, 0.6) is 0 Å². The molecule has 3 heterocycles. The third-order valence-corrected chi connectivity index (χ3v) is 4.40. The van der Waals surface area contributed by atoms with Gasteiger partial charge in [-0.3, -0.25) is 14.3 Å². The Hall–Kier alpha value is -1.74. The molecule has 2 aliphatic rings. The third kappa shape index (κ3) is 2.65. The molecule has 0 aliphatic carbocycles. The molecule has 132 valence electrons. The molecule has 1 aromatic rings. The first-order valence-electron chi connectivity index (χ1n) is 7.86. The maximum absolute atomic E-state index is 12.5. The highest BCUT2D eigenvalue weighted by atomic mass is 16.8. The molecular weight excluding hydrogens is 316 g/mol. The highest BCUT2D eigenvalue weighted by Gasteiger charge is 2.56. The Morgan fingerprint density at radius 2 is 2.00 bits per heavy atom. The summed E-state index contributed by atoms with van der Waals surface area (Å²) in [6.45, 7) is 8.59. The molecule has 0 unspecified atom stereocenters. The summed E-state index contributed by atoms with van der Waals surface area (Å²) in [5.74, 6) is -0.843. The molecule has 2 saturated heterocycles. The molecule has 2 N–H and O–H groups in total. The van der Waals surface area contributed by atoms with Gasteiger partial charge in [0, 0.05) is 17.7 Å². The monoisotopic (exact) mass is 338 g/mol. The molecule has 1 aromatic heterocycles. The second kappa shape index (κ2) is 5.96. The van der Waals surface area contributed by atoms with Gasteiger partial charge in [-0.25, -0.2) is 4.79 Å². The number of aliphatic hydroxyl groups excluding tert-OH is 1. The third-order valence-electron chi connectivity index (χ3n) is 4.40. The standard InChI is InChI=1S/C16H22N2O6/c1-5-6-9-8(2)13(20)17-15(21)18(9)14-12-11(10(7-19)22-14)23-16(3,4)24-12/h5,10-12,14,19H,1,6-7H2,2-4H3,(H,17,20,21)/t10-,11-,12-,14-/m1/s1. The van der Waals surface area contributed by atoms with E-state index in [1.165, 1.54) is 4.57 Å². The van der Waals surface area contributed by atoms with E-state index >= 15 is 0 Å². The number of nitrogens with one attached hydrogen (secondary N) is 1. The molecule has 0 saturated carbocycles. The van der Waals surface area contributed by atoms with Crippen molar-refractivity contribution in [3.63, 3.8) is 0 Å². The van der Waals surface area contributed by atoms with Crippen LogP contribution < -0.4 is 11.2 Å². The number of aromatic amines is 1. The predicted octanol–water partition coefficient (Wildman–Crippen LogP) is -0.0167. The number of aliphatic hydroxyl groups is 1. The molecule has 24 heavy (non-hydrogen) atoms. The van der Waals surface area contributed by atoms with Crippen molar-refractivity contribution < 1.29 is 19.3 Å². The highest BCUT2D eigenvalue weighted by Crippen LogP contribution is 2.42. The summed E-state index contributed by atoms with van der Waals surface area (Å²) >= 11 is 0. The van der Waals surface area contributed by atoms with Gasteiger partial charge in [-0.05, 0) is 20.8 Å². The molecular formula is C16H22N2O6. The molecule has 2 fully saturated rings. The number of allylic oxidation sites excluding steroid dienone is 1. The van der Waals surface area contributed by atoms with Crippen LogP contribution in [0.1, 0.15) is 31.3 Å². The average Bonchev–Trinajstić information content (AvgIpc) is 2.98. The van der Waals surface area contributed by atoms with Gasteiger partial charge < -0.3 is 19.3 Å². The fourth-order valence-corrected chi connectivity index (χ4v) is 3.36. The van der Waals surface area contributed by atoms with E-state index in [-0.39, 0.29) is 6.61 Å². The van der Waals surface area contributed by atoms with Gasteiger partial charge in [0.25, 0.3) is 5.56 Å². The zero-order valence-electron chi connectivity index (χ0n) is 13.9. The maximum atomic E-state index is 12.5. The number of rotatable bonds is 4. The molecule has 0 bridgehead atoms. The Labute approximate surface area is 138 Å². The van der Waals surface area contributed by atoms with Crippen molar-refractivity contribution in [2.75, 3.05) is 6.61 Å². The van der Waals surface area contributed by atoms with Gasteiger partial charge in [-0.2, -0.15) is 0 Å². The number of ether oxygens (including phenoxy) is 3. The smallest absolute Gasteiger partial charge is 0.330 e. The van der Waals surface area contributed by atoms with Crippen LogP contribution in [0.15, 0.2) is 22.2 Å². The molecule has 0 aromatic carbocycles. The minimum absolute atomic E-state index is 0.259. The highest BCUT2D eigenvalue weighted by molar-refractivity contribution is 5.19. The quantitative estimate of drug-likeness (QED) is 0.748. The lowest BCUT2D eigenvalue weighted by Crippen LogP contribution is -2.41. The summed E-state index contributed by atoms with van der Waals surface area (Å²) in [6.07, 6.45) is -0.529. The first kappa shape index (κ1) is 17.1. The first-order chi connectivity index (χ1) is 11.3. The van der Waals surface area contributed by atoms with E-state index in [2.05, 4.69) is 11.6 Å². The predicted molar refractivity (Wildman–Crippen MR) is 84.8 cm³/mol. The van der Waals surface area contributed by atoms with Crippen LogP contribution in [-0.4, -0.2) is 45.4 Å². The zero-order valence-corrected chi connectivity index (χ0v) is 13.9. The van der Waals surface area contributed by atoms with Gasteiger partial charge in [-0.1, -0.05) is 6.08 Å². The van der Waals surface area contributed by atoms with Gasteiger partial charge >= 0.3 is 5.69 Å². The van der Waals surface area contributed by atoms with E-state index in [9.17, 15) is 14.7 Å². The molecule has 2 aliphatic heterocycles. The normalized spacial score (nSPS) is 31.2. The lowest BCUT2D eigenvalue weighted by atomic mass is 10.1. The summed E-state index contributed by atoms with van der Waals surface area (Å²) in [6, 6.07) is 0. The van der Waals surface area contributed by atoms with Crippen LogP contribution in [0.4, 0.5) is 0 Å². The lowest BCUT2D eigenvalue weighted by molar-refractivity contribution is -0.200. The second-order valence-corrected chi connectivity index (χ2v) is 6.51. The topological polar surface area (TPSA) is 103 Å². The summed E-state index contributed by atoms with van der Waals surface area (Å²) < 4.78 is 18.9. The molecule has 8 nitrogen and oxygen atoms in total. The van der Waals surface area contributed by atoms with Crippen LogP contribution in [0.3, 0.4) is 0 Å². The van der Waals surface area contributed by atoms with Crippen molar-refractivity contribution in [1.29, 1.82) is 0 Å². The molecule has 3 rings (SSSR count). The number of H-pyrrole nitrogens is 1. The van der Waals surface area contributed by atoms with E-state index < -0.39 is 41.6 Å². The fraction of sp³-hybridized carbons (Fsp3) is 0.625. The van der Waals surface area contributed by atoms with Gasteiger partial charge in [-0.15, -0.1) is 6.58 Å². The van der Waals surface area contributed by atoms with Gasteiger partial charge in [0.15, 0.2) is 12.0 Å². The first-order valence-corrected chi connectivity index (χ1v) is 7.86. The SMILES string of the molecule is C=CCc1c(C)c(=O)[nH]c(=O)n1[C@@H]1O[C@H](CO)[C@H]2OC(C)(C)O[C@H]21. The zero-order chi connectivity index (χ0) is 17.6. The van der Waals surface area contributed by atoms with Crippen molar-refractivity contribution in [2.24, 2.45) is 0 Å². The molecule has 0 amide bonds. The van der Waals surface area contributed by atoms with Crippen molar-refractivity contribution in [2.45, 2.75) is 57.5 Å². The van der Waals surface area contributed by atoms with E-state index in [1.54, 1.807) is 26.8 Å². The molecule has 8 heteroatoms. The van der Waals surface area contributed by atoms with Crippen LogP contribution in [0.25, 0.3) is 0 Å². The van der Waals surface area contributed by atoms with Crippen molar-refractivity contribution in [1.82, 2.24) is 9.55 Å². The van der Waals surface area contributed by atoms with Gasteiger partial charge in [0.2, 0.25) is 0 Å². The fourth-order valence-electron chi connectivity index (χ4n) is 3.36. The summed E-state index contributed by atoms with van der Waals surface area (Å²) in [5, 5.41) is 9.57. The molecule has 4 atom stereocenters. The average molecular weight is 338 g/mol. The Morgan fingerprint density at radius 3 is 2.62 bits per heavy atom. The molecule has 0 radical (unpaired) electrons. The summed E-state index contributed by atoms with van der Waals surface area (Å²) in [5.41, 5.74) is -0.0990. The van der Waals surface area contributed by atoms with E-state index in [1.807, 2.05) is 0 Å². The Bertz CT molecular complexity index is 765. The lowest BCUT2D eigenvalue weighted by Gasteiger charge is -2.26. The molecule has 0 spiro atoms. The van der Waals surface area contributed by atoms with Crippen LogP contribution in [-0.2, 0) is 20.6 Å². The van der Waals surface area contributed by atoms with Crippen molar-refractivity contribution >= 4 is 0 Å². The number of fused-ring (bicyclic) bond motifs is 1. The maximum Gasteiger partial charge on any atom is 0.330 e. The van der Waals surface area contributed by atoms with E-state index in [4.69, 9.17) is 14.2 Å². The number of hydrogen-bond donors (Lipinski definition) is 2. The van der Waals surface area contributed by atoms with E-state index in [0.29, 0.717) is 17.7 Å². The van der Waals surface area contributed by atoms with Crippen molar-refractivity contribution in [3.05, 3.63) is 44.8 Å². The van der Waals surface area contributed by atoms with Gasteiger partial charge in [0.1, 0.15) is 18.3 Å². The Kier molecular flexibility index (Phi) is 4.25.